The average molecular weight is 454 g/mol. The molecule has 32 heavy (non-hydrogen) atoms. The number of carbonyl (C=O) groups is 2. The molecule has 0 spiro atoms. The summed E-state index contributed by atoms with van der Waals surface area (Å²) >= 11 is 0. The number of nitro benzene ring substituents is 1. The van der Waals surface area contributed by atoms with Gasteiger partial charge in [-0.1, -0.05) is 30.3 Å². The van der Waals surface area contributed by atoms with Crippen LogP contribution in [0, 0.1) is 10.1 Å². The van der Waals surface area contributed by atoms with Crippen molar-refractivity contribution < 1.29 is 22.9 Å². The predicted octanol–water partition coefficient (Wildman–Crippen LogP) is 2.53. The summed E-state index contributed by atoms with van der Waals surface area (Å²) in [6.07, 6.45) is 0. The van der Waals surface area contributed by atoms with Gasteiger partial charge >= 0.3 is 0 Å². The molecule has 0 saturated carbocycles. The fraction of sp³-hybridized carbons (Fsp3) is 0.0476. The largest absolute Gasteiger partial charge is 0.366 e. The summed E-state index contributed by atoms with van der Waals surface area (Å²) in [7, 11) is -4.47. The summed E-state index contributed by atoms with van der Waals surface area (Å²) in [6.45, 7) is -0.643. The molecule has 0 radical (unpaired) electrons. The summed E-state index contributed by atoms with van der Waals surface area (Å²) in [5.41, 5.74) is 5.30. The van der Waals surface area contributed by atoms with Crippen LogP contribution in [0.25, 0.3) is 0 Å². The fourth-order valence-corrected chi connectivity index (χ4v) is 4.48. The van der Waals surface area contributed by atoms with Gasteiger partial charge in [-0.3, -0.25) is 24.0 Å². The molecule has 10 nitrogen and oxygen atoms in total. The van der Waals surface area contributed by atoms with Crippen molar-refractivity contribution in [3.63, 3.8) is 0 Å². The van der Waals surface area contributed by atoms with E-state index in [2.05, 4.69) is 5.32 Å². The number of para-hydroxylation sites is 2. The molecule has 0 heterocycles. The van der Waals surface area contributed by atoms with Crippen LogP contribution in [0.5, 0.6) is 0 Å². The number of nitrogens with zero attached hydrogens (tertiary/aromatic N) is 2. The number of primary amides is 1. The summed E-state index contributed by atoms with van der Waals surface area (Å²) in [6, 6.07) is 18.4. The zero-order chi connectivity index (χ0) is 23.3. The maximum Gasteiger partial charge on any atom is 0.289 e. The lowest BCUT2D eigenvalue weighted by Gasteiger charge is -2.24. The molecule has 0 atom stereocenters. The molecule has 11 heteroatoms. The summed E-state index contributed by atoms with van der Waals surface area (Å²) in [5, 5.41) is 13.9. The first kappa shape index (κ1) is 22.4. The molecular formula is C21H18N4O6S. The Bertz CT molecular complexity index is 1260. The standard InChI is InChI=1S/C21H18N4O6S/c22-21(27)15-10-12-16(13-11-15)23-20(26)14-24(17-6-2-1-3-7-17)32(30,31)19-9-5-4-8-18(19)25(28)29/h1-13H,14H2,(H2,22,27)(H,23,26). The van der Waals surface area contributed by atoms with Gasteiger partial charge in [-0.05, 0) is 42.5 Å². The van der Waals surface area contributed by atoms with E-state index in [0.717, 1.165) is 16.4 Å². The summed E-state index contributed by atoms with van der Waals surface area (Å²) in [4.78, 5) is 33.9. The van der Waals surface area contributed by atoms with Crippen LogP contribution < -0.4 is 15.4 Å². The molecule has 0 saturated heterocycles. The molecule has 0 fully saturated rings. The number of carbonyl (C=O) groups excluding carboxylic acids is 2. The Morgan fingerprint density at radius 3 is 2.12 bits per heavy atom. The van der Waals surface area contributed by atoms with E-state index in [1.165, 1.54) is 48.5 Å². The van der Waals surface area contributed by atoms with Gasteiger partial charge in [0.25, 0.3) is 15.7 Å². The number of rotatable bonds is 8. The highest BCUT2D eigenvalue weighted by molar-refractivity contribution is 7.93. The van der Waals surface area contributed by atoms with Crippen molar-refractivity contribution in [1.29, 1.82) is 0 Å². The van der Waals surface area contributed by atoms with Crippen molar-refractivity contribution >= 4 is 38.9 Å². The van der Waals surface area contributed by atoms with Crippen LogP contribution in [0.1, 0.15) is 10.4 Å². The first-order valence-corrected chi connectivity index (χ1v) is 10.6. The molecular weight excluding hydrogens is 436 g/mol. The van der Waals surface area contributed by atoms with Crippen LogP contribution in [-0.4, -0.2) is 31.7 Å². The van der Waals surface area contributed by atoms with Crippen LogP contribution in [0.4, 0.5) is 17.1 Å². The second-order valence-electron chi connectivity index (χ2n) is 6.56. The number of sulfonamides is 1. The maximum atomic E-state index is 13.4. The number of hydrogen-bond acceptors (Lipinski definition) is 6. The van der Waals surface area contributed by atoms with Crippen molar-refractivity contribution in [3.05, 3.63) is 94.5 Å². The van der Waals surface area contributed by atoms with Gasteiger partial charge in [0.15, 0.2) is 4.90 Å². The third-order valence-corrected chi connectivity index (χ3v) is 6.24. The monoisotopic (exact) mass is 454 g/mol. The van der Waals surface area contributed by atoms with Gasteiger partial charge in [-0.25, -0.2) is 8.42 Å². The number of nitrogens with two attached hydrogens (primary N) is 1. The average Bonchev–Trinajstić information content (AvgIpc) is 2.78. The molecule has 2 amide bonds. The second kappa shape index (κ2) is 9.27. The lowest BCUT2D eigenvalue weighted by Crippen LogP contribution is -2.38. The van der Waals surface area contributed by atoms with Crippen molar-refractivity contribution in [1.82, 2.24) is 0 Å². The van der Waals surface area contributed by atoms with Crippen molar-refractivity contribution in [2.75, 3.05) is 16.2 Å². The molecule has 3 aromatic rings. The highest BCUT2D eigenvalue weighted by Gasteiger charge is 2.33. The summed E-state index contributed by atoms with van der Waals surface area (Å²) in [5.74, 6) is -1.32. The number of benzene rings is 3. The lowest BCUT2D eigenvalue weighted by atomic mass is 10.2. The molecule has 3 N–H and O–H groups in total. The normalized spacial score (nSPS) is 10.9. The Morgan fingerprint density at radius 1 is 0.938 bits per heavy atom. The van der Waals surface area contributed by atoms with E-state index in [4.69, 9.17) is 5.73 Å². The molecule has 0 aliphatic carbocycles. The molecule has 0 aliphatic rings. The summed E-state index contributed by atoms with van der Waals surface area (Å²) < 4.78 is 27.5. The number of anilines is 2. The lowest BCUT2D eigenvalue weighted by molar-refractivity contribution is -0.387. The Hall–Kier alpha value is -4.25. The smallest absolute Gasteiger partial charge is 0.289 e. The minimum absolute atomic E-state index is 0.157. The van der Waals surface area contributed by atoms with E-state index < -0.39 is 43.9 Å². The van der Waals surface area contributed by atoms with Crippen LogP contribution in [-0.2, 0) is 14.8 Å². The molecule has 164 valence electrons. The van der Waals surface area contributed by atoms with Gasteiger partial charge in [0, 0.05) is 17.3 Å². The maximum absolute atomic E-state index is 13.4. The highest BCUT2D eigenvalue weighted by atomic mass is 32.2. The zero-order valence-corrected chi connectivity index (χ0v) is 17.4. The number of hydrogen-bond donors (Lipinski definition) is 2. The second-order valence-corrected chi connectivity index (χ2v) is 8.39. The minimum atomic E-state index is -4.47. The van der Waals surface area contributed by atoms with E-state index >= 15 is 0 Å². The van der Waals surface area contributed by atoms with Gasteiger partial charge in [-0.15, -0.1) is 0 Å². The van der Waals surface area contributed by atoms with E-state index in [9.17, 15) is 28.1 Å². The van der Waals surface area contributed by atoms with Gasteiger partial charge in [0.05, 0.1) is 10.6 Å². The van der Waals surface area contributed by atoms with Crippen molar-refractivity contribution in [3.8, 4) is 0 Å². The van der Waals surface area contributed by atoms with Crippen LogP contribution in [0.15, 0.2) is 83.8 Å². The van der Waals surface area contributed by atoms with E-state index in [0.29, 0.717) is 5.69 Å². The Labute approximate surface area is 183 Å². The van der Waals surface area contributed by atoms with Crippen LogP contribution in [0.2, 0.25) is 0 Å². The number of amides is 2. The van der Waals surface area contributed by atoms with Gasteiger partial charge in [-0.2, -0.15) is 0 Å². The van der Waals surface area contributed by atoms with Crippen LogP contribution >= 0.6 is 0 Å². The topological polar surface area (TPSA) is 153 Å². The molecule has 0 aliphatic heterocycles. The quantitative estimate of drug-likeness (QED) is 0.394. The Kier molecular flexibility index (Phi) is 6.50. The first-order valence-electron chi connectivity index (χ1n) is 9.21. The van der Waals surface area contributed by atoms with Gasteiger partial charge in [0.2, 0.25) is 11.8 Å². The number of nitrogens with one attached hydrogen (secondary N) is 1. The SMILES string of the molecule is NC(=O)c1ccc(NC(=O)CN(c2ccccc2)S(=O)(=O)c2ccccc2[N+](=O)[O-])cc1. The fourth-order valence-electron chi connectivity index (χ4n) is 2.90. The van der Waals surface area contributed by atoms with Gasteiger partial charge < -0.3 is 11.1 Å². The Morgan fingerprint density at radius 2 is 1.53 bits per heavy atom. The van der Waals surface area contributed by atoms with E-state index in [1.54, 1.807) is 18.2 Å². The Balaban J connectivity index is 1.94. The van der Waals surface area contributed by atoms with E-state index in [1.807, 2.05) is 0 Å². The van der Waals surface area contributed by atoms with Crippen molar-refractivity contribution in [2.45, 2.75) is 4.90 Å². The third-order valence-electron chi connectivity index (χ3n) is 4.41. The zero-order valence-electron chi connectivity index (χ0n) is 16.5. The first-order chi connectivity index (χ1) is 15.2. The molecule has 0 unspecified atom stereocenters. The van der Waals surface area contributed by atoms with Gasteiger partial charge in [0.1, 0.15) is 6.54 Å². The molecule has 0 aromatic heterocycles. The third kappa shape index (κ3) is 4.90. The molecule has 3 rings (SSSR count). The van der Waals surface area contributed by atoms with Crippen LogP contribution in [0.3, 0.4) is 0 Å². The molecule has 0 bridgehead atoms. The van der Waals surface area contributed by atoms with Crippen molar-refractivity contribution in [2.24, 2.45) is 5.73 Å². The number of nitro groups is 1. The highest BCUT2D eigenvalue weighted by Crippen LogP contribution is 2.29. The minimum Gasteiger partial charge on any atom is -0.366 e. The predicted molar refractivity (Wildman–Crippen MR) is 118 cm³/mol. The van der Waals surface area contributed by atoms with E-state index in [-0.39, 0.29) is 11.3 Å². The molecule has 3 aromatic carbocycles.